The number of aryl methyl sites for hydroxylation is 1. The third kappa shape index (κ3) is 3.27. The summed E-state index contributed by atoms with van der Waals surface area (Å²) >= 11 is 5.98. The van der Waals surface area contributed by atoms with E-state index in [0.29, 0.717) is 17.2 Å². The Morgan fingerprint density at radius 2 is 2.07 bits per heavy atom. The predicted molar refractivity (Wildman–Crippen MR) is 103 cm³/mol. The molecule has 0 unspecified atom stereocenters. The zero-order chi connectivity index (χ0) is 19.0. The van der Waals surface area contributed by atoms with E-state index in [4.69, 9.17) is 11.6 Å². The van der Waals surface area contributed by atoms with E-state index in [1.54, 1.807) is 12.3 Å². The number of carbonyl (C=O) groups is 1. The van der Waals surface area contributed by atoms with Crippen molar-refractivity contribution in [1.82, 2.24) is 14.4 Å². The predicted octanol–water partition coefficient (Wildman–Crippen LogP) is 4.75. The van der Waals surface area contributed by atoms with Crippen molar-refractivity contribution in [3.05, 3.63) is 83.0 Å². The van der Waals surface area contributed by atoms with Crippen LogP contribution in [0.25, 0.3) is 17.0 Å². The summed E-state index contributed by atoms with van der Waals surface area (Å²) in [6.07, 6.45) is 5.38. The number of fused-ring (bicyclic) bond motifs is 1. The van der Waals surface area contributed by atoms with Gasteiger partial charge in [-0.05, 0) is 36.8 Å². The standard InChI is InChI=1S/C20H14ClFN4O/c1-12-6-7-13(17-11-26-9-3-8-23-20(26)25-17)10-16(12)24-19(27)18-14(21)4-2-5-15(18)22/h2-11H,1H3,(H,24,27). The number of halogens is 2. The van der Waals surface area contributed by atoms with Gasteiger partial charge < -0.3 is 5.32 Å². The fraction of sp³-hybridized carbons (Fsp3) is 0.0500. The Morgan fingerprint density at radius 1 is 1.22 bits per heavy atom. The normalized spacial score (nSPS) is 10.9. The third-order valence-corrected chi connectivity index (χ3v) is 4.52. The average molecular weight is 381 g/mol. The van der Waals surface area contributed by atoms with Crippen molar-refractivity contribution in [2.75, 3.05) is 5.32 Å². The van der Waals surface area contributed by atoms with Crippen LogP contribution < -0.4 is 5.32 Å². The van der Waals surface area contributed by atoms with Crippen LogP contribution in [0.2, 0.25) is 5.02 Å². The van der Waals surface area contributed by atoms with Gasteiger partial charge in [-0.1, -0.05) is 29.8 Å². The second kappa shape index (κ2) is 6.81. The lowest BCUT2D eigenvalue weighted by Gasteiger charge is -2.11. The van der Waals surface area contributed by atoms with Gasteiger partial charge in [-0.25, -0.2) is 14.4 Å². The molecule has 4 rings (SSSR count). The summed E-state index contributed by atoms with van der Waals surface area (Å²) in [6, 6.07) is 11.5. The molecule has 0 saturated carbocycles. The fourth-order valence-corrected chi connectivity index (χ4v) is 3.03. The molecule has 2 aromatic carbocycles. The van der Waals surface area contributed by atoms with Crippen LogP contribution in [-0.2, 0) is 0 Å². The molecule has 1 N–H and O–H groups in total. The topological polar surface area (TPSA) is 59.3 Å². The molecule has 27 heavy (non-hydrogen) atoms. The largest absolute Gasteiger partial charge is 0.322 e. The Kier molecular flexibility index (Phi) is 4.33. The van der Waals surface area contributed by atoms with E-state index in [1.165, 1.54) is 18.2 Å². The van der Waals surface area contributed by atoms with Crippen molar-refractivity contribution in [2.45, 2.75) is 6.92 Å². The first kappa shape index (κ1) is 17.2. The highest BCUT2D eigenvalue weighted by molar-refractivity contribution is 6.34. The van der Waals surface area contributed by atoms with E-state index in [1.807, 2.05) is 41.9 Å². The van der Waals surface area contributed by atoms with Crippen LogP contribution in [0, 0.1) is 12.7 Å². The minimum Gasteiger partial charge on any atom is -0.322 e. The number of nitrogens with one attached hydrogen (secondary N) is 1. The van der Waals surface area contributed by atoms with Gasteiger partial charge in [0.25, 0.3) is 5.91 Å². The molecule has 7 heteroatoms. The Hall–Kier alpha value is -3.25. The molecule has 134 valence electrons. The molecular formula is C20H14ClFN4O. The molecule has 5 nitrogen and oxygen atoms in total. The second-order valence-corrected chi connectivity index (χ2v) is 6.44. The van der Waals surface area contributed by atoms with E-state index >= 15 is 0 Å². The fourth-order valence-electron chi connectivity index (χ4n) is 2.78. The van der Waals surface area contributed by atoms with Crippen LogP contribution in [0.15, 0.2) is 61.1 Å². The zero-order valence-electron chi connectivity index (χ0n) is 14.3. The molecule has 0 saturated heterocycles. The van der Waals surface area contributed by atoms with Crippen molar-refractivity contribution in [3.63, 3.8) is 0 Å². The van der Waals surface area contributed by atoms with Crippen molar-refractivity contribution in [3.8, 4) is 11.3 Å². The second-order valence-electron chi connectivity index (χ2n) is 6.03. The molecule has 1 amide bonds. The Morgan fingerprint density at radius 3 is 2.85 bits per heavy atom. The molecule has 0 aliphatic carbocycles. The van der Waals surface area contributed by atoms with Crippen molar-refractivity contribution < 1.29 is 9.18 Å². The van der Waals surface area contributed by atoms with Crippen LogP contribution in [-0.4, -0.2) is 20.3 Å². The Bertz CT molecular complexity index is 1120. The summed E-state index contributed by atoms with van der Waals surface area (Å²) in [7, 11) is 0. The maximum absolute atomic E-state index is 14.0. The molecule has 0 bridgehead atoms. The number of benzene rings is 2. The van der Waals surface area contributed by atoms with Gasteiger partial charge >= 0.3 is 0 Å². The molecular weight excluding hydrogens is 367 g/mol. The summed E-state index contributed by atoms with van der Waals surface area (Å²) in [5.74, 6) is -0.688. The van der Waals surface area contributed by atoms with Gasteiger partial charge in [0.2, 0.25) is 5.78 Å². The number of anilines is 1. The number of rotatable bonds is 3. The summed E-state index contributed by atoms with van der Waals surface area (Å²) in [4.78, 5) is 21.2. The highest BCUT2D eigenvalue weighted by atomic mass is 35.5. The van der Waals surface area contributed by atoms with E-state index < -0.39 is 11.7 Å². The van der Waals surface area contributed by atoms with E-state index in [2.05, 4.69) is 15.3 Å². The van der Waals surface area contributed by atoms with Gasteiger partial charge in [0.15, 0.2) is 0 Å². The SMILES string of the molecule is Cc1ccc(-c2cn3cccnc3n2)cc1NC(=O)c1c(F)cccc1Cl. The summed E-state index contributed by atoms with van der Waals surface area (Å²) in [5, 5.41) is 2.80. The van der Waals surface area contributed by atoms with E-state index in [-0.39, 0.29) is 10.6 Å². The first-order valence-electron chi connectivity index (χ1n) is 8.19. The van der Waals surface area contributed by atoms with Gasteiger partial charge in [-0.2, -0.15) is 0 Å². The van der Waals surface area contributed by atoms with Crippen LogP contribution in [0.5, 0.6) is 0 Å². The van der Waals surface area contributed by atoms with Crippen LogP contribution >= 0.6 is 11.6 Å². The Balaban J connectivity index is 1.69. The first-order chi connectivity index (χ1) is 13.0. The number of hydrogen-bond acceptors (Lipinski definition) is 3. The highest BCUT2D eigenvalue weighted by Gasteiger charge is 2.17. The van der Waals surface area contributed by atoms with Gasteiger partial charge in [0, 0.05) is 29.8 Å². The lowest BCUT2D eigenvalue weighted by molar-refractivity contribution is 0.102. The van der Waals surface area contributed by atoms with E-state index in [0.717, 1.165) is 11.1 Å². The molecule has 0 spiro atoms. The number of nitrogens with zero attached hydrogens (tertiary/aromatic N) is 3. The van der Waals surface area contributed by atoms with Crippen molar-refractivity contribution in [2.24, 2.45) is 0 Å². The van der Waals surface area contributed by atoms with Crippen LogP contribution in [0.1, 0.15) is 15.9 Å². The number of aromatic nitrogens is 3. The molecule has 4 aromatic rings. The lowest BCUT2D eigenvalue weighted by Crippen LogP contribution is -2.15. The minimum atomic E-state index is -0.666. The summed E-state index contributed by atoms with van der Waals surface area (Å²) in [5.41, 5.74) is 2.73. The smallest absolute Gasteiger partial charge is 0.260 e. The monoisotopic (exact) mass is 380 g/mol. The molecule has 0 radical (unpaired) electrons. The van der Waals surface area contributed by atoms with Crippen molar-refractivity contribution >= 4 is 29.0 Å². The number of amides is 1. The number of hydrogen-bond donors (Lipinski definition) is 1. The maximum atomic E-state index is 14.0. The summed E-state index contributed by atoms with van der Waals surface area (Å²) < 4.78 is 15.8. The lowest BCUT2D eigenvalue weighted by atomic mass is 10.1. The molecule has 0 fully saturated rings. The van der Waals surface area contributed by atoms with Crippen molar-refractivity contribution in [1.29, 1.82) is 0 Å². The quantitative estimate of drug-likeness (QED) is 0.558. The van der Waals surface area contributed by atoms with Crippen LogP contribution in [0.4, 0.5) is 10.1 Å². The Labute approximate surface area is 159 Å². The molecule has 0 aliphatic heterocycles. The maximum Gasteiger partial charge on any atom is 0.260 e. The van der Waals surface area contributed by atoms with E-state index in [9.17, 15) is 9.18 Å². The van der Waals surface area contributed by atoms with Gasteiger partial charge in [-0.15, -0.1) is 0 Å². The highest BCUT2D eigenvalue weighted by Crippen LogP contribution is 2.27. The average Bonchev–Trinajstić information content (AvgIpc) is 3.07. The number of carbonyl (C=O) groups excluding carboxylic acids is 1. The van der Waals surface area contributed by atoms with Gasteiger partial charge in [-0.3, -0.25) is 9.20 Å². The number of imidazole rings is 1. The summed E-state index contributed by atoms with van der Waals surface area (Å²) in [6.45, 7) is 1.85. The molecule has 2 heterocycles. The molecule has 2 aromatic heterocycles. The van der Waals surface area contributed by atoms with Gasteiger partial charge in [0.1, 0.15) is 5.82 Å². The first-order valence-corrected chi connectivity index (χ1v) is 8.57. The zero-order valence-corrected chi connectivity index (χ0v) is 15.0. The molecule has 0 aliphatic rings. The molecule has 0 atom stereocenters. The third-order valence-electron chi connectivity index (χ3n) is 4.21. The van der Waals surface area contributed by atoms with Gasteiger partial charge in [0.05, 0.1) is 16.3 Å². The van der Waals surface area contributed by atoms with Crippen LogP contribution in [0.3, 0.4) is 0 Å². The minimum absolute atomic E-state index is 0.0627.